The van der Waals surface area contributed by atoms with Crippen LogP contribution in [0.2, 0.25) is 0 Å². The van der Waals surface area contributed by atoms with Gasteiger partial charge in [0.05, 0.1) is 13.2 Å². The van der Waals surface area contributed by atoms with Gasteiger partial charge < -0.3 is 9.47 Å². The maximum absolute atomic E-state index is 11.5. The summed E-state index contributed by atoms with van der Waals surface area (Å²) < 4.78 is 9.56. The summed E-state index contributed by atoms with van der Waals surface area (Å²) in [5, 5.41) is 0. The second kappa shape index (κ2) is 8.65. The van der Waals surface area contributed by atoms with Crippen molar-refractivity contribution < 1.29 is 19.1 Å². The zero-order chi connectivity index (χ0) is 12.6. The standard InChI is InChI=1S/C10H16Cl2O4/c1-3-15-9(13)7(5-6-8(11)12)10(14)16-4-2/h7-8H,3-6H2,1-2H3. The van der Waals surface area contributed by atoms with E-state index in [0.717, 1.165) is 0 Å². The zero-order valence-corrected chi connectivity index (χ0v) is 10.9. The summed E-state index contributed by atoms with van der Waals surface area (Å²) in [5.74, 6) is -2.11. The van der Waals surface area contributed by atoms with Crippen LogP contribution in [0.25, 0.3) is 0 Å². The van der Waals surface area contributed by atoms with Crippen LogP contribution in [-0.2, 0) is 19.1 Å². The predicted molar refractivity (Wildman–Crippen MR) is 61.5 cm³/mol. The van der Waals surface area contributed by atoms with Gasteiger partial charge in [0.1, 0.15) is 4.84 Å². The SMILES string of the molecule is CCOC(=O)C(CCC(Cl)Cl)C(=O)OCC. The van der Waals surface area contributed by atoms with E-state index in [1.54, 1.807) is 13.8 Å². The minimum Gasteiger partial charge on any atom is -0.465 e. The number of rotatable bonds is 7. The first-order valence-electron chi connectivity index (χ1n) is 5.14. The van der Waals surface area contributed by atoms with E-state index < -0.39 is 22.7 Å². The molecule has 0 saturated carbocycles. The van der Waals surface area contributed by atoms with Gasteiger partial charge in [0, 0.05) is 0 Å². The van der Waals surface area contributed by atoms with Crippen LogP contribution in [0, 0.1) is 5.92 Å². The molecule has 0 aliphatic heterocycles. The molecule has 4 nitrogen and oxygen atoms in total. The van der Waals surface area contributed by atoms with Crippen molar-refractivity contribution in [1.82, 2.24) is 0 Å². The van der Waals surface area contributed by atoms with Gasteiger partial charge in [-0.3, -0.25) is 9.59 Å². The Bertz CT molecular complexity index is 213. The van der Waals surface area contributed by atoms with Crippen molar-refractivity contribution in [2.24, 2.45) is 5.92 Å². The quantitative estimate of drug-likeness (QED) is 0.405. The fraction of sp³-hybridized carbons (Fsp3) is 0.800. The van der Waals surface area contributed by atoms with Gasteiger partial charge >= 0.3 is 11.9 Å². The summed E-state index contributed by atoms with van der Waals surface area (Å²) in [6, 6.07) is 0. The number of carbonyl (C=O) groups excluding carboxylic acids is 2. The van der Waals surface area contributed by atoms with E-state index in [-0.39, 0.29) is 19.6 Å². The van der Waals surface area contributed by atoms with Crippen molar-refractivity contribution in [1.29, 1.82) is 0 Å². The number of alkyl halides is 2. The molecule has 0 rings (SSSR count). The molecule has 0 amide bonds. The lowest BCUT2D eigenvalue weighted by Crippen LogP contribution is -2.28. The summed E-state index contributed by atoms with van der Waals surface area (Å²) in [5.41, 5.74) is 0. The molecule has 0 aliphatic carbocycles. The fourth-order valence-corrected chi connectivity index (χ4v) is 1.36. The Morgan fingerprint density at radius 1 is 1.00 bits per heavy atom. The van der Waals surface area contributed by atoms with Crippen LogP contribution < -0.4 is 0 Å². The summed E-state index contributed by atoms with van der Waals surface area (Å²) in [6.45, 7) is 3.79. The number of halogens is 2. The fourth-order valence-electron chi connectivity index (χ4n) is 1.11. The van der Waals surface area contributed by atoms with Gasteiger partial charge in [-0.15, -0.1) is 23.2 Å². The number of hydrogen-bond acceptors (Lipinski definition) is 4. The van der Waals surface area contributed by atoms with Crippen molar-refractivity contribution in [3.8, 4) is 0 Å². The first-order valence-corrected chi connectivity index (χ1v) is 6.01. The lowest BCUT2D eigenvalue weighted by Gasteiger charge is -2.14. The van der Waals surface area contributed by atoms with Crippen LogP contribution in [0.1, 0.15) is 26.7 Å². The largest absolute Gasteiger partial charge is 0.465 e. The molecular weight excluding hydrogens is 255 g/mol. The summed E-state index contributed by atoms with van der Waals surface area (Å²) in [6.07, 6.45) is 0.570. The Morgan fingerprint density at radius 3 is 1.75 bits per heavy atom. The van der Waals surface area contributed by atoms with E-state index in [2.05, 4.69) is 0 Å². The van der Waals surface area contributed by atoms with Gasteiger partial charge in [-0.25, -0.2) is 0 Å². The molecule has 0 radical (unpaired) electrons. The molecule has 0 N–H and O–H groups in total. The van der Waals surface area contributed by atoms with Crippen LogP contribution in [0.4, 0.5) is 0 Å². The van der Waals surface area contributed by atoms with Gasteiger partial charge in [0.25, 0.3) is 0 Å². The Kier molecular flexibility index (Phi) is 8.39. The molecule has 0 aromatic carbocycles. The predicted octanol–water partition coefficient (Wildman–Crippen LogP) is 2.31. The summed E-state index contributed by atoms with van der Waals surface area (Å²) in [4.78, 5) is 22.3. The van der Waals surface area contributed by atoms with Crippen molar-refractivity contribution in [2.75, 3.05) is 13.2 Å². The molecule has 6 heteroatoms. The van der Waals surface area contributed by atoms with E-state index in [9.17, 15) is 9.59 Å². The van der Waals surface area contributed by atoms with E-state index in [4.69, 9.17) is 32.7 Å². The van der Waals surface area contributed by atoms with Gasteiger partial charge in [0.2, 0.25) is 0 Å². The molecule has 0 aliphatic rings. The van der Waals surface area contributed by atoms with Gasteiger partial charge in [-0.2, -0.15) is 0 Å². The second-order valence-electron chi connectivity index (χ2n) is 3.03. The highest BCUT2D eigenvalue weighted by molar-refractivity contribution is 6.44. The van der Waals surface area contributed by atoms with Crippen LogP contribution >= 0.6 is 23.2 Å². The Labute approximate surface area is 105 Å². The van der Waals surface area contributed by atoms with E-state index in [1.165, 1.54) is 0 Å². The topological polar surface area (TPSA) is 52.6 Å². The third kappa shape index (κ3) is 6.18. The average Bonchev–Trinajstić information content (AvgIpc) is 2.18. The smallest absolute Gasteiger partial charge is 0.320 e. The normalized spacial score (nSPS) is 10.6. The maximum Gasteiger partial charge on any atom is 0.320 e. The van der Waals surface area contributed by atoms with Crippen LogP contribution in [0.15, 0.2) is 0 Å². The van der Waals surface area contributed by atoms with Crippen LogP contribution in [0.3, 0.4) is 0 Å². The van der Waals surface area contributed by atoms with E-state index in [0.29, 0.717) is 6.42 Å². The Balaban J connectivity index is 4.37. The summed E-state index contributed by atoms with van der Waals surface area (Å²) in [7, 11) is 0. The average molecular weight is 271 g/mol. The lowest BCUT2D eigenvalue weighted by atomic mass is 10.0. The maximum atomic E-state index is 11.5. The second-order valence-corrected chi connectivity index (χ2v) is 4.30. The van der Waals surface area contributed by atoms with Crippen molar-refractivity contribution in [3.63, 3.8) is 0 Å². The Morgan fingerprint density at radius 2 is 1.44 bits per heavy atom. The highest BCUT2D eigenvalue weighted by Crippen LogP contribution is 2.17. The molecule has 94 valence electrons. The molecule has 0 spiro atoms. The molecule has 0 aromatic rings. The molecule has 0 saturated heterocycles. The molecular formula is C10H16Cl2O4. The molecule has 0 aromatic heterocycles. The van der Waals surface area contributed by atoms with Crippen molar-refractivity contribution >= 4 is 35.1 Å². The van der Waals surface area contributed by atoms with E-state index >= 15 is 0 Å². The monoisotopic (exact) mass is 270 g/mol. The first kappa shape index (κ1) is 15.5. The van der Waals surface area contributed by atoms with Crippen LogP contribution in [0.5, 0.6) is 0 Å². The molecule has 0 heterocycles. The van der Waals surface area contributed by atoms with E-state index in [1.807, 2.05) is 0 Å². The minimum absolute atomic E-state index is 0.222. The van der Waals surface area contributed by atoms with Crippen molar-refractivity contribution in [2.45, 2.75) is 31.5 Å². The Hall–Kier alpha value is -0.480. The zero-order valence-electron chi connectivity index (χ0n) is 9.37. The lowest BCUT2D eigenvalue weighted by molar-refractivity contribution is -0.161. The summed E-state index contributed by atoms with van der Waals surface area (Å²) >= 11 is 11.1. The van der Waals surface area contributed by atoms with Gasteiger partial charge in [0.15, 0.2) is 5.92 Å². The van der Waals surface area contributed by atoms with Crippen LogP contribution in [-0.4, -0.2) is 30.0 Å². The highest BCUT2D eigenvalue weighted by Gasteiger charge is 2.29. The molecule has 0 unspecified atom stereocenters. The third-order valence-electron chi connectivity index (χ3n) is 1.82. The number of ether oxygens (including phenoxy) is 2. The number of esters is 2. The number of hydrogen-bond donors (Lipinski definition) is 0. The molecule has 0 bridgehead atoms. The third-order valence-corrected chi connectivity index (χ3v) is 2.25. The van der Waals surface area contributed by atoms with Gasteiger partial charge in [-0.05, 0) is 26.7 Å². The number of carbonyl (C=O) groups is 2. The minimum atomic E-state index is -0.931. The highest BCUT2D eigenvalue weighted by atomic mass is 35.5. The van der Waals surface area contributed by atoms with Gasteiger partial charge in [-0.1, -0.05) is 0 Å². The molecule has 0 fully saturated rings. The first-order chi connectivity index (χ1) is 7.52. The molecule has 0 atom stereocenters. The molecule has 16 heavy (non-hydrogen) atoms. The van der Waals surface area contributed by atoms with Crippen molar-refractivity contribution in [3.05, 3.63) is 0 Å².